The molecule has 1 fully saturated rings. The van der Waals surface area contributed by atoms with E-state index in [1.807, 2.05) is 18.3 Å². The van der Waals surface area contributed by atoms with Crippen molar-refractivity contribution >= 4 is 28.3 Å². The van der Waals surface area contributed by atoms with Crippen LogP contribution >= 0.6 is 23.1 Å². The van der Waals surface area contributed by atoms with E-state index in [0.717, 1.165) is 50.1 Å². The molecular weight excluding hydrogens is 306 g/mol. The fourth-order valence-corrected chi connectivity index (χ4v) is 3.29. The normalized spacial score (nSPS) is 16.4. The van der Waals surface area contributed by atoms with Crippen molar-refractivity contribution in [3.63, 3.8) is 0 Å². The smallest absolute Gasteiger partial charge is 0.205 e. The van der Waals surface area contributed by atoms with Crippen molar-refractivity contribution in [3.05, 3.63) is 34.9 Å². The van der Waals surface area contributed by atoms with Gasteiger partial charge in [-0.25, -0.2) is 9.97 Å². The van der Waals surface area contributed by atoms with Gasteiger partial charge in [0.1, 0.15) is 11.0 Å². The van der Waals surface area contributed by atoms with Crippen molar-refractivity contribution in [2.24, 2.45) is 0 Å². The van der Waals surface area contributed by atoms with Crippen LogP contribution in [0.15, 0.2) is 18.3 Å². The Balaban J connectivity index is 1.54. The summed E-state index contributed by atoms with van der Waals surface area (Å²) in [6, 6.07) is 3.89. The molecule has 0 saturated carbocycles. The largest absolute Gasteiger partial charge is 0.344 e. The molecule has 0 aliphatic carbocycles. The van der Waals surface area contributed by atoms with Gasteiger partial charge in [0.2, 0.25) is 5.13 Å². The van der Waals surface area contributed by atoms with Crippen LogP contribution in [0.25, 0.3) is 0 Å². The molecule has 1 saturated heterocycles. The lowest BCUT2D eigenvalue weighted by molar-refractivity contribution is 0.249. The number of halogens is 1. The molecule has 0 N–H and O–H groups in total. The van der Waals surface area contributed by atoms with E-state index in [1.165, 1.54) is 17.1 Å². The van der Waals surface area contributed by atoms with Crippen molar-refractivity contribution in [1.82, 2.24) is 19.2 Å². The monoisotopic (exact) mass is 323 g/mol. The van der Waals surface area contributed by atoms with E-state index in [1.54, 1.807) is 0 Å². The second kappa shape index (κ2) is 6.68. The molecule has 3 rings (SSSR count). The number of piperazine rings is 1. The van der Waals surface area contributed by atoms with Crippen molar-refractivity contribution < 1.29 is 0 Å². The maximum Gasteiger partial charge on any atom is 0.205 e. The summed E-state index contributed by atoms with van der Waals surface area (Å²) in [6.45, 7) is 7.07. The summed E-state index contributed by atoms with van der Waals surface area (Å²) in [6.07, 6.45) is 2.76. The van der Waals surface area contributed by atoms with Gasteiger partial charge in [-0.15, -0.1) is 0 Å². The summed E-state index contributed by atoms with van der Waals surface area (Å²) in [5, 5.41) is 1.60. The Morgan fingerprint density at radius 1 is 1.24 bits per heavy atom. The number of hydrogen-bond donors (Lipinski definition) is 0. The fraction of sp³-hybridized carbons (Fsp3) is 0.500. The maximum atomic E-state index is 5.81. The van der Waals surface area contributed by atoms with Crippen molar-refractivity contribution in [3.8, 4) is 0 Å². The molecule has 0 radical (unpaired) electrons. The first-order chi connectivity index (χ1) is 10.2. The zero-order valence-electron chi connectivity index (χ0n) is 12.0. The van der Waals surface area contributed by atoms with Gasteiger partial charge in [-0.2, -0.15) is 4.37 Å². The summed E-state index contributed by atoms with van der Waals surface area (Å²) in [5.41, 5.74) is 1.21. The first-order valence-corrected chi connectivity index (χ1v) is 8.30. The van der Waals surface area contributed by atoms with E-state index in [9.17, 15) is 0 Å². The summed E-state index contributed by atoms with van der Waals surface area (Å²) >= 11 is 7.32. The highest BCUT2D eigenvalue weighted by molar-refractivity contribution is 7.09. The lowest BCUT2D eigenvalue weighted by Crippen LogP contribution is -2.45. The second-order valence-corrected chi connectivity index (χ2v) is 6.22. The van der Waals surface area contributed by atoms with Crippen LogP contribution in [-0.2, 0) is 13.0 Å². The fourth-order valence-electron chi connectivity index (χ4n) is 2.37. The lowest BCUT2D eigenvalue weighted by Gasteiger charge is -2.34. The molecule has 2 aromatic heterocycles. The predicted octanol–water partition coefficient (Wildman–Crippen LogP) is 2.47. The molecule has 2 aromatic rings. The van der Waals surface area contributed by atoms with E-state index >= 15 is 0 Å². The number of pyridine rings is 1. The van der Waals surface area contributed by atoms with Gasteiger partial charge in [0.05, 0.1) is 0 Å². The Hall–Kier alpha value is -1.24. The molecule has 1 aliphatic heterocycles. The Kier molecular flexibility index (Phi) is 4.67. The molecule has 0 atom stereocenters. The standard InChI is InChI=1S/C14H18ClN5S/c1-2-13-17-14(21-18-13)20-7-5-19(6-8-20)10-11-3-4-12(15)16-9-11/h3-4,9H,2,5-8,10H2,1H3. The zero-order valence-corrected chi connectivity index (χ0v) is 13.6. The molecule has 7 heteroatoms. The third-order valence-electron chi connectivity index (χ3n) is 3.61. The Bertz CT molecular complexity index is 577. The van der Waals surface area contributed by atoms with E-state index in [2.05, 4.69) is 31.1 Å². The number of aromatic nitrogens is 3. The Morgan fingerprint density at radius 3 is 2.67 bits per heavy atom. The van der Waals surface area contributed by atoms with Gasteiger partial charge >= 0.3 is 0 Å². The number of anilines is 1. The maximum absolute atomic E-state index is 5.81. The van der Waals surface area contributed by atoms with E-state index < -0.39 is 0 Å². The molecule has 3 heterocycles. The zero-order chi connectivity index (χ0) is 14.7. The van der Waals surface area contributed by atoms with Gasteiger partial charge in [0.15, 0.2) is 0 Å². The van der Waals surface area contributed by atoms with Gasteiger partial charge < -0.3 is 4.90 Å². The molecule has 0 spiro atoms. The van der Waals surface area contributed by atoms with Gasteiger partial charge in [0, 0.05) is 56.9 Å². The Labute approximate surface area is 133 Å². The van der Waals surface area contributed by atoms with Crippen molar-refractivity contribution in [1.29, 1.82) is 0 Å². The number of rotatable bonds is 4. The molecule has 112 valence electrons. The summed E-state index contributed by atoms with van der Waals surface area (Å²) < 4.78 is 4.36. The summed E-state index contributed by atoms with van der Waals surface area (Å²) in [7, 11) is 0. The molecule has 5 nitrogen and oxygen atoms in total. The first kappa shape index (κ1) is 14.7. The molecule has 0 amide bonds. The van der Waals surface area contributed by atoms with Crippen molar-refractivity contribution in [2.75, 3.05) is 31.1 Å². The number of nitrogens with zero attached hydrogens (tertiary/aromatic N) is 5. The minimum absolute atomic E-state index is 0.548. The van der Waals surface area contributed by atoms with Crippen LogP contribution < -0.4 is 4.90 Å². The van der Waals surface area contributed by atoms with Crippen molar-refractivity contribution in [2.45, 2.75) is 19.9 Å². The van der Waals surface area contributed by atoms with E-state index in [0.29, 0.717) is 5.15 Å². The van der Waals surface area contributed by atoms with Gasteiger partial charge in [-0.05, 0) is 11.6 Å². The highest BCUT2D eigenvalue weighted by Crippen LogP contribution is 2.20. The van der Waals surface area contributed by atoms with Crippen LogP contribution in [0.3, 0.4) is 0 Å². The summed E-state index contributed by atoms with van der Waals surface area (Å²) in [4.78, 5) is 13.5. The average Bonchev–Trinajstić information content (AvgIpc) is 2.99. The van der Waals surface area contributed by atoms with E-state index in [4.69, 9.17) is 11.6 Å². The van der Waals surface area contributed by atoms with Crippen LogP contribution in [0, 0.1) is 0 Å². The first-order valence-electron chi connectivity index (χ1n) is 7.15. The molecule has 21 heavy (non-hydrogen) atoms. The van der Waals surface area contributed by atoms with Gasteiger partial charge in [-0.1, -0.05) is 24.6 Å². The third-order valence-corrected chi connectivity index (χ3v) is 4.65. The lowest BCUT2D eigenvalue weighted by atomic mass is 10.2. The summed E-state index contributed by atoms with van der Waals surface area (Å²) in [5.74, 6) is 0.949. The predicted molar refractivity (Wildman–Crippen MR) is 86.0 cm³/mol. The third kappa shape index (κ3) is 3.70. The average molecular weight is 324 g/mol. The van der Waals surface area contributed by atoms with Gasteiger partial charge in [0.25, 0.3) is 0 Å². The molecule has 0 unspecified atom stereocenters. The molecular formula is C14H18ClN5S. The molecule has 0 aromatic carbocycles. The second-order valence-electron chi connectivity index (χ2n) is 5.10. The topological polar surface area (TPSA) is 45.2 Å². The van der Waals surface area contributed by atoms with Crippen LogP contribution in [0.1, 0.15) is 18.3 Å². The number of hydrogen-bond acceptors (Lipinski definition) is 6. The van der Waals surface area contributed by atoms with Crippen LogP contribution in [0.2, 0.25) is 5.15 Å². The Morgan fingerprint density at radius 2 is 2.05 bits per heavy atom. The minimum Gasteiger partial charge on any atom is -0.344 e. The van der Waals surface area contributed by atoms with Crippen LogP contribution in [0.4, 0.5) is 5.13 Å². The minimum atomic E-state index is 0.548. The van der Waals surface area contributed by atoms with E-state index in [-0.39, 0.29) is 0 Å². The number of aryl methyl sites for hydroxylation is 1. The SMILES string of the molecule is CCc1nsc(N2CCN(Cc3ccc(Cl)nc3)CC2)n1. The molecule has 1 aliphatic rings. The van der Waals surface area contributed by atoms with Crippen LogP contribution in [0.5, 0.6) is 0 Å². The highest BCUT2D eigenvalue weighted by Gasteiger charge is 2.19. The van der Waals surface area contributed by atoms with Gasteiger partial charge in [-0.3, -0.25) is 4.90 Å². The highest BCUT2D eigenvalue weighted by atomic mass is 35.5. The molecule has 0 bridgehead atoms. The van der Waals surface area contributed by atoms with Crippen LogP contribution in [-0.4, -0.2) is 45.4 Å². The quantitative estimate of drug-likeness (QED) is 0.809.